The molecular weight excluding hydrogens is 330 g/mol. The highest BCUT2D eigenvalue weighted by Crippen LogP contribution is 2.24. The lowest BCUT2D eigenvalue weighted by Crippen LogP contribution is -2.44. The van der Waals surface area contributed by atoms with E-state index in [4.69, 9.17) is 4.12 Å². The Morgan fingerprint density at radius 3 is 2.25 bits per heavy atom. The second-order valence-corrected chi connectivity index (χ2v) is 15.7. The number of fused-ring (bicyclic) bond motifs is 2. The van der Waals surface area contributed by atoms with E-state index in [0.717, 1.165) is 17.6 Å². The molecule has 4 nitrogen and oxygen atoms in total. The van der Waals surface area contributed by atoms with Gasteiger partial charge >= 0.3 is 0 Å². The van der Waals surface area contributed by atoms with Crippen molar-refractivity contribution in [1.29, 1.82) is 0 Å². The molecule has 0 amide bonds. The minimum atomic E-state index is -1.82. The highest BCUT2D eigenvalue weighted by atomic mass is 28.4. The molecule has 2 heterocycles. The molecule has 124 valence electrons. The van der Waals surface area contributed by atoms with E-state index in [1.807, 2.05) is 4.68 Å². The van der Waals surface area contributed by atoms with Crippen LogP contribution in [0.25, 0.3) is 11.0 Å². The van der Waals surface area contributed by atoms with E-state index in [1.165, 1.54) is 21.5 Å². The van der Waals surface area contributed by atoms with Gasteiger partial charge in [0.25, 0.3) is 0 Å². The van der Waals surface area contributed by atoms with Gasteiger partial charge in [-0.3, -0.25) is 0 Å². The van der Waals surface area contributed by atoms with E-state index in [9.17, 15) is 0 Å². The number of benzene rings is 2. The minimum Gasteiger partial charge on any atom is -0.449 e. The summed E-state index contributed by atoms with van der Waals surface area (Å²) in [6.07, 6.45) is 0. The molecule has 0 atom stereocenters. The topological polar surface area (TPSA) is 39.9 Å². The van der Waals surface area contributed by atoms with Gasteiger partial charge in [-0.25, -0.2) is 4.68 Å². The molecule has 0 N–H and O–H groups in total. The second-order valence-electron chi connectivity index (χ2n) is 7.74. The zero-order chi connectivity index (χ0) is 17.1. The molecule has 3 aromatic rings. The van der Waals surface area contributed by atoms with E-state index in [-0.39, 0.29) is 0 Å². The first-order valence-corrected chi connectivity index (χ1v) is 14.2. The number of hydrogen-bond acceptors (Lipinski definition) is 3. The van der Waals surface area contributed by atoms with Crippen molar-refractivity contribution in [3.8, 4) is 0 Å². The molecule has 1 aliphatic rings. The summed E-state index contributed by atoms with van der Waals surface area (Å²) in [5.41, 5.74) is 4.62. The van der Waals surface area contributed by atoms with Crippen LogP contribution >= 0.6 is 0 Å². The quantitative estimate of drug-likeness (QED) is 0.665. The van der Waals surface area contributed by atoms with Gasteiger partial charge in [-0.05, 0) is 61.2 Å². The summed E-state index contributed by atoms with van der Waals surface area (Å²) in [6.45, 7) is 12.0. The first-order chi connectivity index (χ1) is 11.3. The number of nitrogens with zero attached hydrogens (tertiary/aromatic N) is 3. The molecule has 0 aliphatic carbocycles. The zero-order valence-electron chi connectivity index (χ0n) is 14.9. The van der Waals surface area contributed by atoms with Crippen LogP contribution < -0.4 is 10.4 Å². The van der Waals surface area contributed by atoms with Crippen molar-refractivity contribution in [1.82, 2.24) is 15.0 Å². The van der Waals surface area contributed by atoms with Crippen molar-refractivity contribution >= 4 is 38.0 Å². The third-order valence-corrected chi connectivity index (χ3v) is 12.7. The van der Waals surface area contributed by atoms with Crippen LogP contribution in [0.2, 0.25) is 26.2 Å². The fourth-order valence-corrected chi connectivity index (χ4v) is 13.9. The van der Waals surface area contributed by atoms with Crippen molar-refractivity contribution in [2.45, 2.75) is 39.7 Å². The number of aromatic nitrogens is 3. The average Bonchev–Trinajstić information content (AvgIpc) is 2.97. The van der Waals surface area contributed by atoms with Gasteiger partial charge < -0.3 is 4.12 Å². The predicted octanol–water partition coefficient (Wildman–Crippen LogP) is 2.64. The van der Waals surface area contributed by atoms with Gasteiger partial charge in [0.1, 0.15) is 5.52 Å². The van der Waals surface area contributed by atoms with E-state index in [1.54, 1.807) is 0 Å². The van der Waals surface area contributed by atoms with Gasteiger partial charge in [-0.2, -0.15) is 0 Å². The van der Waals surface area contributed by atoms with Crippen molar-refractivity contribution in [3.05, 3.63) is 47.5 Å². The van der Waals surface area contributed by atoms with Crippen LogP contribution in [-0.2, 0) is 10.7 Å². The molecule has 0 bridgehead atoms. The Bertz CT molecular complexity index is 929. The van der Waals surface area contributed by atoms with Crippen LogP contribution in [0.5, 0.6) is 0 Å². The summed E-state index contributed by atoms with van der Waals surface area (Å²) in [5.74, 6) is 0. The summed E-state index contributed by atoms with van der Waals surface area (Å²) < 4.78 is 8.55. The maximum Gasteiger partial charge on any atom is 0.206 e. The smallest absolute Gasteiger partial charge is 0.206 e. The predicted molar refractivity (Wildman–Crippen MR) is 103 cm³/mol. The largest absolute Gasteiger partial charge is 0.449 e. The summed E-state index contributed by atoms with van der Waals surface area (Å²) >= 11 is 0. The maximum atomic E-state index is 6.54. The van der Waals surface area contributed by atoms with Gasteiger partial charge in [0, 0.05) is 0 Å². The molecular formula is C18H23N3OSi2. The zero-order valence-corrected chi connectivity index (χ0v) is 16.9. The minimum absolute atomic E-state index is 0.749. The molecule has 1 aliphatic heterocycles. The molecule has 2 aromatic carbocycles. The third-order valence-electron chi connectivity index (χ3n) is 4.91. The Hall–Kier alpha value is -1.77. The molecule has 0 unspecified atom stereocenters. The van der Waals surface area contributed by atoms with Gasteiger partial charge in [-0.1, -0.05) is 35.0 Å². The van der Waals surface area contributed by atoms with Gasteiger partial charge in [0.2, 0.25) is 16.6 Å². The summed E-state index contributed by atoms with van der Waals surface area (Å²) in [4.78, 5) is 0. The van der Waals surface area contributed by atoms with Gasteiger partial charge in [0.05, 0.1) is 12.1 Å². The molecule has 6 heteroatoms. The van der Waals surface area contributed by atoms with E-state index in [0.29, 0.717) is 0 Å². The lowest BCUT2D eigenvalue weighted by atomic mass is 10.1. The third kappa shape index (κ3) is 2.45. The highest BCUT2D eigenvalue weighted by Gasteiger charge is 2.46. The first kappa shape index (κ1) is 15.7. The monoisotopic (exact) mass is 353 g/mol. The Morgan fingerprint density at radius 2 is 1.58 bits per heavy atom. The van der Waals surface area contributed by atoms with E-state index >= 15 is 0 Å². The van der Waals surface area contributed by atoms with Crippen LogP contribution in [0.15, 0.2) is 36.4 Å². The molecule has 4 rings (SSSR count). The molecule has 1 aromatic heterocycles. The van der Waals surface area contributed by atoms with Crippen molar-refractivity contribution in [2.24, 2.45) is 0 Å². The fraction of sp³-hybridized carbons (Fsp3) is 0.333. The molecule has 0 spiro atoms. The Labute approximate surface area is 144 Å². The SMILES string of the molecule is Cc1ccc(Cn2nnc3cc4c(cc32)[Si](C)(C)O[Si]4(C)C)cc1. The molecule has 0 saturated carbocycles. The Kier molecular flexibility index (Phi) is 3.35. The first-order valence-electron chi connectivity index (χ1n) is 8.40. The summed E-state index contributed by atoms with van der Waals surface area (Å²) in [5, 5.41) is 11.7. The molecule has 24 heavy (non-hydrogen) atoms. The van der Waals surface area contributed by atoms with E-state index < -0.39 is 16.6 Å². The lowest BCUT2D eigenvalue weighted by Gasteiger charge is -2.22. The fourth-order valence-electron chi connectivity index (χ4n) is 3.74. The van der Waals surface area contributed by atoms with Crippen LogP contribution in [-0.4, -0.2) is 31.6 Å². The number of rotatable bonds is 2. The normalized spacial score (nSPS) is 18.0. The summed E-state index contributed by atoms with van der Waals surface area (Å²) in [7, 11) is -3.62. The van der Waals surface area contributed by atoms with Crippen LogP contribution in [0.3, 0.4) is 0 Å². The van der Waals surface area contributed by atoms with Gasteiger partial charge in [0.15, 0.2) is 0 Å². The second kappa shape index (κ2) is 5.11. The van der Waals surface area contributed by atoms with Crippen molar-refractivity contribution in [3.63, 3.8) is 0 Å². The Morgan fingerprint density at radius 1 is 0.958 bits per heavy atom. The highest BCUT2D eigenvalue weighted by molar-refractivity contribution is 7.05. The average molecular weight is 354 g/mol. The van der Waals surface area contributed by atoms with Crippen LogP contribution in [0.1, 0.15) is 11.1 Å². The number of aryl methyl sites for hydroxylation is 1. The molecule has 0 saturated heterocycles. The lowest BCUT2D eigenvalue weighted by molar-refractivity contribution is 0.583. The van der Waals surface area contributed by atoms with Crippen LogP contribution in [0, 0.1) is 6.92 Å². The molecule has 0 radical (unpaired) electrons. The molecule has 0 fully saturated rings. The maximum absolute atomic E-state index is 6.54. The number of hydrogen-bond donors (Lipinski definition) is 0. The Balaban J connectivity index is 1.81. The van der Waals surface area contributed by atoms with Crippen LogP contribution in [0.4, 0.5) is 0 Å². The van der Waals surface area contributed by atoms with Crippen molar-refractivity contribution in [2.75, 3.05) is 0 Å². The standard InChI is InChI=1S/C18H23N3OSi2/c1-13-6-8-14(9-7-13)12-21-16-11-18-17(10-15(16)19-20-21)23(2,3)22-24(18,4)5/h6-11H,12H2,1-5H3. The van der Waals surface area contributed by atoms with E-state index in [2.05, 4.69) is 79.8 Å². The van der Waals surface area contributed by atoms with Gasteiger partial charge in [-0.15, -0.1) is 5.10 Å². The van der Waals surface area contributed by atoms with Crippen molar-refractivity contribution < 1.29 is 4.12 Å². The summed E-state index contributed by atoms with van der Waals surface area (Å²) in [6, 6.07) is 13.1.